The van der Waals surface area contributed by atoms with E-state index in [1.165, 1.54) is 18.7 Å². The van der Waals surface area contributed by atoms with Gasteiger partial charge in [0.25, 0.3) is 0 Å². The Bertz CT molecular complexity index is 1000. The Hall–Kier alpha value is -2.51. The summed E-state index contributed by atoms with van der Waals surface area (Å²) >= 11 is 7.47. The predicted molar refractivity (Wildman–Crippen MR) is 115 cm³/mol. The number of fused-ring (bicyclic) bond motifs is 1. The maximum atomic E-state index is 12.3. The molecule has 0 unspecified atom stereocenters. The van der Waals surface area contributed by atoms with Crippen LogP contribution >= 0.6 is 23.4 Å². The highest BCUT2D eigenvalue weighted by molar-refractivity contribution is 7.99. The van der Waals surface area contributed by atoms with Gasteiger partial charge in [-0.15, -0.1) is 0 Å². The Morgan fingerprint density at radius 1 is 1.11 bits per heavy atom. The molecule has 2 amide bonds. The van der Waals surface area contributed by atoms with Gasteiger partial charge in [-0.1, -0.05) is 30.3 Å². The summed E-state index contributed by atoms with van der Waals surface area (Å²) in [5.74, 6) is -0.0105. The quantitative estimate of drug-likeness (QED) is 0.543. The molecule has 0 saturated heterocycles. The molecule has 0 aliphatic heterocycles. The fraction of sp³-hybridized carbons (Fsp3) is 0.250. The Labute approximate surface area is 172 Å². The first kappa shape index (κ1) is 20.2. The van der Waals surface area contributed by atoms with Crippen LogP contribution in [0.2, 0.25) is 5.02 Å². The van der Waals surface area contributed by atoms with Gasteiger partial charge in [0.05, 0.1) is 16.8 Å². The number of benzene rings is 2. The molecule has 0 radical (unpaired) electrons. The normalized spacial score (nSPS) is 10.8. The highest BCUT2D eigenvalue weighted by Crippen LogP contribution is 2.27. The van der Waals surface area contributed by atoms with Crippen LogP contribution in [0.1, 0.15) is 20.3 Å². The summed E-state index contributed by atoms with van der Waals surface area (Å²) in [6, 6.07) is 12.6. The average molecular weight is 417 g/mol. The lowest BCUT2D eigenvalue weighted by atomic mass is 10.3. The number of halogens is 1. The van der Waals surface area contributed by atoms with Gasteiger partial charge in [0.1, 0.15) is 0 Å². The maximum absolute atomic E-state index is 12.3. The third-order valence-corrected chi connectivity index (χ3v) is 5.16. The van der Waals surface area contributed by atoms with Gasteiger partial charge in [-0.2, -0.15) is 0 Å². The van der Waals surface area contributed by atoms with E-state index in [4.69, 9.17) is 11.6 Å². The largest absolute Gasteiger partial charge is 0.326 e. The molecule has 0 aliphatic carbocycles. The van der Waals surface area contributed by atoms with Gasteiger partial charge in [0.15, 0.2) is 5.16 Å². The smallest absolute Gasteiger partial charge is 0.234 e. The highest BCUT2D eigenvalue weighted by atomic mass is 35.5. The number of aryl methyl sites for hydroxylation is 1. The van der Waals surface area contributed by atoms with Crippen LogP contribution < -0.4 is 10.6 Å². The zero-order valence-electron chi connectivity index (χ0n) is 15.7. The molecule has 146 valence electrons. The van der Waals surface area contributed by atoms with Crippen LogP contribution in [-0.2, 0) is 16.1 Å². The lowest BCUT2D eigenvalue weighted by molar-refractivity contribution is -0.114. The van der Waals surface area contributed by atoms with E-state index in [1.807, 2.05) is 18.2 Å². The molecule has 0 saturated carbocycles. The SMILES string of the molecule is CCCn1c(SCC(=O)Nc2ccc(NC(C)=O)cc2)nc2cc(Cl)ccc21. The summed E-state index contributed by atoms with van der Waals surface area (Å²) in [6.07, 6.45) is 0.967. The molecule has 6 nitrogen and oxygen atoms in total. The molecule has 0 bridgehead atoms. The number of aromatic nitrogens is 2. The van der Waals surface area contributed by atoms with Crippen molar-refractivity contribution in [2.75, 3.05) is 16.4 Å². The van der Waals surface area contributed by atoms with Crippen LogP contribution in [0.15, 0.2) is 47.6 Å². The van der Waals surface area contributed by atoms with Gasteiger partial charge in [-0.05, 0) is 48.9 Å². The number of nitrogens with zero attached hydrogens (tertiary/aromatic N) is 2. The van der Waals surface area contributed by atoms with E-state index in [1.54, 1.807) is 24.3 Å². The van der Waals surface area contributed by atoms with E-state index < -0.39 is 0 Å². The van der Waals surface area contributed by atoms with E-state index in [0.717, 1.165) is 29.2 Å². The molecule has 0 atom stereocenters. The zero-order chi connectivity index (χ0) is 20.1. The monoisotopic (exact) mass is 416 g/mol. The molecule has 2 N–H and O–H groups in total. The first-order valence-electron chi connectivity index (χ1n) is 8.92. The maximum Gasteiger partial charge on any atom is 0.234 e. The molecule has 2 aromatic carbocycles. The molecule has 0 spiro atoms. The number of hydrogen-bond acceptors (Lipinski definition) is 4. The van der Waals surface area contributed by atoms with Gasteiger partial charge < -0.3 is 15.2 Å². The molecule has 0 fully saturated rings. The van der Waals surface area contributed by atoms with Crippen molar-refractivity contribution in [3.05, 3.63) is 47.5 Å². The van der Waals surface area contributed by atoms with Gasteiger partial charge in [0.2, 0.25) is 11.8 Å². The summed E-state index contributed by atoms with van der Waals surface area (Å²) < 4.78 is 2.12. The molecule has 1 aromatic heterocycles. The first-order valence-corrected chi connectivity index (χ1v) is 10.3. The summed E-state index contributed by atoms with van der Waals surface area (Å²) in [5, 5.41) is 6.99. The summed E-state index contributed by atoms with van der Waals surface area (Å²) in [4.78, 5) is 28.0. The molecule has 28 heavy (non-hydrogen) atoms. The van der Waals surface area contributed by atoms with Crippen molar-refractivity contribution >= 4 is 57.6 Å². The fourth-order valence-electron chi connectivity index (χ4n) is 2.80. The number of thioether (sulfide) groups is 1. The Balaban J connectivity index is 1.65. The van der Waals surface area contributed by atoms with Crippen molar-refractivity contribution in [2.45, 2.75) is 32.0 Å². The third kappa shape index (κ3) is 5.05. The lowest BCUT2D eigenvalue weighted by Crippen LogP contribution is -2.14. The van der Waals surface area contributed by atoms with Gasteiger partial charge in [0, 0.05) is 29.9 Å². The zero-order valence-corrected chi connectivity index (χ0v) is 17.2. The molecule has 3 rings (SSSR count). The van der Waals surface area contributed by atoms with Crippen molar-refractivity contribution in [3.8, 4) is 0 Å². The molecular formula is C20H21ClN4O2S. The molecule has 1 heterocycles. The number of amides is 2. The van der Waals surface area contributed by atoms with Crippen LogP contribution in [0.25, 0.3) is 11.0 Å². The van der Waals surface area contributed by atoms with E-state index in [2.05, 4.69) is 27.1 Å². The van der Waals surface area contributed by atoms with Crippen LogP contribution in [0.4, 0.5) is 11.4 Å². The molecule has 0 aliphatic rings. The number of imidazole rings is 1. The van der Waals surface area contributed by atoms with E-state index in [9.17, 15) is 9.59 Å². The number of rotatable bonds is 7. The number of nitrogens with one attached hydrogen (secondary N) is 2. The number of carbonyl (C=O) groups excluding carboxylic acids is 2. The summed E-state index contributed by atoms with van der Waals surface area (Å²) in [7, 11) is 0. The molecule has 3 aromatic rings. The van der Waals surface area contributed by atoms with E-state index in [0.29, 0.717) is 16.4 Å². The second-order valence-corrected chi connectivity index (χ2v) is 7.65. The minimum Gasteiger partial charge on any atom is -0.326 e. The fourth-order valence-corrected chi connectivity index (χ4v) is 3.81. The minimum atomic E-state index is -0.135. The third-order valence-electron chi connectivity index (χ3n) is 3.94. The second-order valence-electron chi connectivity index (χ2n) is 6.27. The summed E-state index contributed by atoms with van der Waals surface area (Å²) in [5.41, 5.74) is 3.21. The van der Waals surface area contributed by atoms with Gasteiger partial charge >= 0.3 is 0 Å². The highest BCUT2D eigenvalue weighted by Gasteiger charge is 2.13. The van der Waals surface area contributed by atoms with Crippen LogP contribution in [0.5, 0.6) is 0 Å². The Morgan fingerprint density at radius 2 is 1.79 bits per heavy atom. The topological polar surface area (TPSA) is 76.0 Å². The summed E-state index contributed by atoms with van der Waals surface area (Å²) in [6.45, 7) is 4.38. The lowest BCUT2D eigenvalue weighted by Gasteiger charge is -2.08. The predicted octanol–water partition coefficient (Wildman–Crippen LogP) is 4.79. The van der Waals surface area contributed by atoms with Crippen molar-refractivity contribution in [1.82, 2.24) is 9.55 Å². The Kier molecular flexibility index (Phi) is 6.59. The second kappa shape index (κ2) is 9.12. The van der Waals surface area contributed by atoms with E-state index >= 15 is 0 Å². The van der Waals surface area contributed by atoms with Gasteiger partial charge in [-0.25, -0.2) is 4.98 Å². The van der Waals surface area contributed by atoms with Crippen molar-refractivity contribution in [1.29, 1.82) is 0 Å². The number of anilines is 2. The van der Waals surface area contributed by atoms with Crippen molar-refractivity contribution in [2.24, 2.45) is 0 Å². The van der Waals surface area contributed by atoms with Crippen LogP contribution in [0, 0.1) is 0 Å². The Morgan fingerprint density at radius 3 is 2.43 bits per heavy atom. The van der Waals surface area contributed by atoms with Crippen molar-refractivity contribution < 1.29 is 9.59 Å². The van der Waals surface area contributed by atoms with Crippen LogP contribution in [-0.4, -0.2) is 27.1 Å². The first-order chi connectivity index (χ1) is 13.5. The number of carbonyl (C=O) groups is 2. The van der Waals surface area contributed by atoms with Gasteiger partial charge in [-0.3, -0.25) is 9.59 Å². The standard InChI is InChI=1S/C20H21ClN4O2S/c1-3-10-25-18-9-4-14(21)11-17(18)24-20(25)28-12-19(27)23-16-7-5-15(6-8-16)22-13(2)26/h4-9,11H,3,10,12H2,1-2H3,(H,22,26)(H,23,27). The number of hydrogen-bond donors (Lipinski definition) is 2. The van der Waals surface area contributed by atoms with E-state index in [-0.39, 0.29) is 17.6 Å². The van der Waals surface area contributed by atoms with Crippen molar-refractivity contribution in [3.63, 3.8) is 0 Å². The average Bonchev–Trinajstić information content (AvgIpc) is 2.98. The minimum absolute atomic E-state index is 0.120. The molecular weight excluding hydrogens is 396 g/mol. The van der Waals surface area contributed by atoms with Crippen LogP contribution in [0.3, 0.4) is 0 Å². The molecule has 8 heteroatoms.